The Hall–Kier alpha value is -1.63. The van der Waals surface area contributed by atoms with Crippen LogP contribution in [0.3, 0.4) is 0 Å². The number of carbonyl (C=O) groups is 1. The normalized spacial score (nSPS) is 27.8. The maximum absolute atomic E-state index is 11.8. The molecule has 0 unspecified atom stereocenters. The van der Waals surface area contributed by atoms with Crippen LogP contribution in [0.15, 0.2) is 30.3 Å². The highest BCUT2D eigenvalue weighted by Crippen LogP contribution is 2.41. The zero-order valence-electron chi connectivity index (χ0n) is 15.3. The summed E-state index contributed by atoms with van der Waals surface area (Å²) in [5, 5.41) is 0. The van der Waals surface area contributed by atoms with Crippen molar-refractivity contribution in [2.24, 2.45) is 5.41 Å². The van der Waals surface area contributed by atoms with Crippen LogP contribution in [0.25, 0.3) is 0 Å². The van der Waals surface area contributed by atoms with Crippen LogP contribution >= 0.6 is 0 Å². The first kappa shape index (κ1) is 17.8. The monoisotopic (exact) mass is 359 g/mol. The van der Waals surface area contributed by atoms with Crippen molar-refractivity contribution in [1.29, 1.82) is 0 Å². The molecule has 142 valence electrons. The third kappa shape index (κ3) is 4.19. The molecule has 1 amide bonds. The molecule has 0 bridgehead atoms. The molecule has 1 aliphatic carbocycles. The van der Waals surface area contributed by atoms with E-state index in [9.17, 15) is 4.79 Å². The fourth-order valence-corrected chi connectivity index (χ4v) is 4.48. The van der Waals surface area contributed by atoms with Crippen molar-refractivity contribution < 1.29 is 14.3 Å². The Morgan fingerprint density at radius 3 is 2.65 bits per heavy atom. The Morgan fingerprint density at radius 2 is 1.96 bits per heavy atom. The third-order valence-electron chi connectivity index (χ3n) is 6.07. The van der Waals surface area contributed by atoms with Crippen molar-refractivity contribution >= 4 is 6.09 Å². The zero-order chi connectivity index (χ0) is 17.8. The van der Waals surface area contributed by atoms with Gasteiger partial charge in [-0.1, -0.05) is 30.3 Å². The van der Waals surface area contributed by atoms with Crippen molar-refractivity contribution in [2.45, 2.75) is 50.8 Å². The predicted molar refractivity (Wildman–Crippen MR) is 98.4 cm³/mol. The lowest BCUT2D eigenvalue weighted by Crippen LogP contribution is -2.61. The van der Waals surface area contributed by atoms with Crippen LogP contribution in [0, 0.1) is 5.41 Å². The van der Waals surface area contributed by atoms with E-state index in [4.69, 9.17) is 9.47 Å². The lowest BCUT2D eigenvalue weighted by atomic mass is 9.76. The van der Waals surface area contributed by atoms with Gasteiger partial charge in [-0.15, -0.1) is 0 Å². The van der Waals surface area contributed by atoms with Gasteiger partial charge in [0.25, 0.3) is 0 Å². The van der Waals surface area contributed by atoms with E-state index in [0.29, 0.717) is 24.1 Å². The van der Waals surface area contributed by atoms with Crippen LogP contribution in [0.2, 0.25) is 0 Å². The molecule has 2 heterocycles. The SMILES string of the molecule is O=C(NN[C@H]1CC[C@H](N2CC3(CCOC3)C2)CC1)OCc1ccccc1. The quantitative estimate of drug-likeness (QED) is 0.791. The smallest absolute Gasteiger partial charge is 0.421 e. The fraction of sp³-hybridized carbons (Fsp3) is 0.650. The number of rotatable bonds is 5. The molecular weight excluding hydrogens is 330 g/mol. The zero-order valence-corrected chi connectivity index (χ0v) is 15.3. The van der Waals surface area contributed by atoms with Crippen LogP contribution in [-0.4, -0.2) is 49.4 Å². The van der Waals surface area contributed by atoms with Crippen LogP contribution in [0.1, 0.15) is 37.7 Å². The minimum absolute atomic E-state index is 0.293. The second kappa shape index (κ2) is 7.94. The predicted octanol–water partition coefficient (Wildman–Crippen LogP) is 2.45. The Balaban J connectivity index is 1.11. The van der Waals surface area contributed by atoms with E-state index in [0.717, 1.165) is 31.6 Å². The number of carbonyl (C=O) groups excluding carboxylic acids is 1. The maximum Gasteiger partial charge on any atom is 0.421 e. The number of hydrogen-bond donors (Lipinski definition) is 2. The van der Waals surface area contributed by atoms with Crippen LogP contribution in [-0.2, 0) is 16.1 Å². The molecule has 0 aromatic heterocycles. The Morgan fingerprint density at radius 1 is 1.19 bits per heavy atom. The van der Waals surface area contributed by atoms with E-state index in [2.05, 4.69) is 15.8 Å². The van der Waals surface area contributed by atoms with E-state index in [-0.39, 0.29) is 0 Å². The molecular formula is C20H29N3O3. The van der Waals surface area contributed by atoms with E-state index in [1.807, 2.05) is 30.3 Å². The fourth-order valence-electron chi connectivity index (χ4n) is 4.48. The molecule has 6 nitrogen and oxygen atoms in total. The van der Waals surface area contributed by atoms with Crippen molar-refractivity contribution in [3.8, 4) is 0 Å². The first-order valence-electron chi connectivity index (χ1n) is 9.77. The minimum Gasteiger partial charge on any atom is -0.444 e. The van der Waals surface area contributed by atoms with Gasteiger partial charge in [-0.25, -0.2) is 10.2 Å². The number of benzene rings is 1. The molecule has 1 aromatic carbocycles. The lowest BCUT2D eigenvalue weighted by Gasteiger charge is -2.52. The van der Waals surface area contributed by atoms with Gasteiger partial charge in [0, 0.05) is 37.2 Å². The maximum atomic E-state index is 11.8. The molecule has 3 fully saturated rings. The van der Waals surface area contributed by atoms with Gasteiger partial charge in [0.2, 0.25) is 0 Å². The van der Waals surface area contributed by atoms with Crippen molar-refractivity contribution in [3.05, 3.63) is 35.9 Å². The number of amides is 1. The Kier molecular flexibility index (Phi) is 5.43. The molecule has 3 aliphatic rings. The number of hydrogen-bond acceptors (Lipinski definition) is 5. The van der Waals surface area contributed by atoms with Crippen molar-refractivity contribution in [2.75, 3.05) is 26.3 Å². The van der Waals surface area contributed by atoms with Gasteiger partial charge in [0.15, 0.2) is 0 Å². The van der Waals surface area contributed by atoms with Crippen LogP contribution in [0.4, 0.5) is 4.79 Å². The second-order valence-electron chi connectivity index (χ2n) is 8.04. The summed E-state index contributed by atoms with van der Waals surface area (Å²) in [5.41, 5.74) is 7.29. The summed E-state index contributed by atoms with van der Waals surface area (Å²) in [4.78, 5) is 14.4. The second-order valence-corrected chi connectivity index (χ2v) is 8.04. The molecule has 6 heteroatoms. The lowest BCUT2D eigenvalue weighted by molar-refractivity contribution is -0.0465. The first-order chi connectivity index (χ1) is 12.7. The molecule has 4 rings (SSSR count). The highest BCUT2D eigenvalue weighted by Gasteiger charge is 2.48. The van der Waals surface area contributed by atoms with Crippen LogP contribution < -0.4 is 10.9 Å². The van der Waals surface area contributed by atoms with Gasteiger partial charge in [-0.05, 0) is 37.7 Å². The van der Waals surface area contributed by atoms with Gasteiger partial charge >= 0.3 is 6.09 Å². The minimum atomic E-state index is -0.415. The largest absolute Gasteiger partial charge is 0.444 e. The molecule has 0 radical (unpaired) electrons. The summed E-state index contributed by atoms with van der Waals surface area (Å²) in [6.45, 7) is 4.60. The van der Waals surface area contributed by atoms with Crippen LogP contribution in [0.5, 0.6) is 0 Å². The van der Waals surface area contributed by atoms with Gasteiger partial charge < -0.3 is 9.47 Å². The molecule has 0 atom stereocenters. The van der Waals surface area contributed by atoms with E-state index >= 15 is 0 Å². The highest BCUT2D eigenvalue weighted by atomic mass is 16.6. The number of hydrazine groups is 1. The van der Waals surface area contributed by atoms with Gasteiger partial charge in [-0.2, -0.15) is 0 Å². The summed E-state index contributed by atoms with van der Waals surface area (Å²) >= 11 is 0. The van der Waals surface area contributed by atoms with E-state index < -0.39 is 6.09 Å². The standard InChI is InChI=1S/C20H29N3O3/c24-19(26-12-16-4-2-1-3-5-16)22-21-17-6-8-18(9-7-17)23-13-20(14-23)10-11-25-15-20/h1-5,17-18,21H,6-15H2,(H,22,24)/t17-,18-. The van der Waals surface area contributed by atoms with Gasteiger partial charge in [-0.3, -0.25) is 10.3 Å². The molecule has 26 heavy (non-hydrogen) atoms. The third-order valence-corrected chi connectivity index (χ3v) is 6.07. The van der Waals surface area contributed by atoms with E-state index in [1.165, 1.54) is 32.4 Å². The average Bonchev–Trinajstić information content (AvgIpc) is 3.15. The first-order valence-corrected chi connectivity index (χ1v) is 9.77. The molecule has 2 saturated heterocycles. The number of likely N-dealkylation sites (tertiary alicyclic amines) is 1. The molecule has 1 aromatic rings. The summed E-state index contributed by atoms with van der Waals surface area (Å²) in [6, 6.07) is 10.7. The summed E-state index contributed by atoms with van der Waals surface area (Å²) in [6.07, 6.45) is 5.37. The average molecular weight is 359 g/mol. The Bertz CT molecular complexity index is 588. The van der Waals surface area contributed by atoms with Gasteiger partial charge in [0.05, 0.1) is 6.61 Å². The number of nitrogens with zero attached hydrogens (tertiary/aromatic N) is 1. The van der Waals surface area contributed by atoms with E-state index in [1.54, 1.807) is 0 Å². The summed E-state index contributed by atoms with van der Waals surface area (Å²) in [5.74, 6) is 0. The molecule has 1 spiro atoms. The Labute approximate surface area is 155 Å². The highest BCUT2D eigenvalue weighted by molar-refractivity contribution is 5.66. The number of ether oxygens (including phenoxy) is 2. The molecule has 2 N–H and O–H groups in total. The molecule has 1 saturated carbocycles. The van der Waals surface area contributed by atoms with Crippen molar-refractivity contribution in [1.82, 2.24) is 15.8 Å². The number of nitrogens with one attached hydrogen (secondary N) is 2. The van der Waals surface area contributed by atoms with Gasteiger partial charge in [0.1, 0.15) is 6.61 Å². The summed E-state index contributed by atoms with van der Waals surface area (Å²) in [7, 11) is 0. The summed E-state index contributed by atoms with van der Waals surface area (Å²) < 4.78 is 10.8. The van der Waals surface area contributed by atoms with Crippen molar-refractivity contribution in [3.63, 3.8) is 0 Å². The molecule has 2 aliphatic heterocycles. The topological polar surface area (TPSA) is 62.8 Å².